The molecule has 3 aromatic carbocycles. The lowest BCUT2D eigenvalue weighted by Crippen LogP contribution is -2.10. The normalized spacial score (nSPS) is 15.7. The zero-order valence-corrected chi connectivity index (χ0v) is 18.3. The summed E-state index contributed by atoms with van der Waals surface area (Å²) in [4.78, 5) is 0. The van der Waals surface area contributed by atoms with E-state index in [0.29, 0.717) is 19.8 Å². The van der Waals surface area contributed by atoms with Crippen molar-refractivity contribution in [3.63, 3.8) is 0 Å². The Kier molecular flexibility index (Phi) is 6.89. The van der Waals surface area contributed by atoms with Crippen LogP contribution in [0.1, 0.15) is 24.0 Å². The predicted molar refractivity (Wildman–Crippen MR) is 123 cm³/mol. The van der Waals surface area contributed by atoms with Gasteiger partial charge in [0.05, 0.1) is 25.6 Å². The standard InChI is InChI=1S/C25H26O5S/c1-2-28-24-6-4-3-5-22(24)19-9-7-18(8-10-19)13-14-29-21-11-12-23-20(17-31(26)27)16-30-25(23)15-21/h3-12,15,20H,2,13-14,16-17H2,1H3,(H,26,27). The molecule has 0 radical (unpaired) electrons. The first-order chi connectivity index (χ1) is 15.1. The summed E-state index contributed by atoms with van der Waals surface area (Å²) in [6.07, 6.45) is 0.789. The summed E-state index contributed by atoms with van der Waals surface area (Å²) >= 11 is -1.83. The van der Waals surface area contributed by atoms with Gasteiger partial charge in [-0.25, -0.2) is 4.21 Å². The van der Waals surface area contributed by atoms with E-state index in [1.807, 2.05) is 43.3 Å². The van der Waals surface area contributed by atoms with Crippen molar-refractivity contribution in [2.45, 2.75) is 19.3 Å². The van der Waals surface area contributed by atoms with Crippen LogP contribution in [0.3, 0.4) is 0 Å². The van der Waals surface area contributed by atoms with Crippen LogP contribution in [-0.2, 0) is 17.5 Å². The number of rotatable bonds is 9. The molecule has 2 unspecified atom stereocenters. The van der Waals surface area contributed by atoms with E-state index in [0.717, 1.165) is 40.4 Å². The minimum atomic E-state index is -1.83. The molecule has 0 aliphatic carbocycles. The van der Waals surface area contributed by atoms with E-state index in [2.05, 4.69) is 30.3 Å². The Hall–Kier alpha value is -2.83. The summed E-state index contributed by atoms with van der Waals surface area (Å²) in [5, 5.41) is 0. The number of fused-ring (bicyclic) bond motifs is 1. The third-order valence-electron chi connectivity index (χ3n) is 5.32. The van der Waals surface area contributed by atoms with Crippen LogP contribution in [0, 0.1) is 0 Å². The summed E-state index contributed by atoms with van der Waals surface area (Å²) in [7, 11) is 0. The maximum absolute atomic E-state index is 11.1. The monoisotopic (exact) mass is 438 g/mol. The molecule has 162 valence electrons. The summed E-state index contributed by atoms with van der Waals surface area (Å²) in [6.45, 7) is 3.62. The van der Waals surface area contributed by atoms with Gasteiger partial charge in [0.25, 0.3) is 0 Å². The molecule has 0 spiro atoms. The first-order valence-electron chi connectivity index (χ1n) is 10.4. The third-order valence-corrected chi connectivity index (χ3v) is 6.01. The van der Waals surface area contributed by atoms with Crippen LogP contribution in [0.4, 0.5) is 0 Å². The summed E-state index contributed by atoms with van der Waals surface area (Å²) < 4.78 is 37.5. The van der Waals surface area contributed by atoms with Crippen LogP contribution in [0.25, 0.3) is 11.1 Å². The first-order valence-corrected chi connectivity index (χ1v) is 11.7. The Balaban J connectivity index is 1.34. The molecule has 2 atom stereocenters. The Morgan fingerprint density at radius 1 is 1.06 bits per heavy atom. The number of hydrogen-bond acceptors (Lipinski definition) is 4. The summed E-state index contributed by atoms with van der Waals surface area (Å²) in [5.41, 5.74) is 4.38. The highest BCUT2D eigenvalue weighted by atomic mass is 32.2. The lowest BCUT2D eigenvalue weighted by Gasteiger charge is -2.11. The quantitative estimate of drug-likeness (QED) is 0.473. The van der Waals surface area contributed by atoms with Gasteiger partial charge in [-0.15, -0.1) is 0 Å². The molecule has 1 N–H and O–H groups in total. The molecular weight excluding hydrogens is 412 g/mol. The highest BCUT2D eigenvalue weighted by Gasteiger charge is 2.26. The highest BCUT2D eigenvalue weighted by Crippen LogP contribution is 2.37. The van der Waals surface area contributed by atoms with Crippen molar-refractivity contribution in [3.05, 3.63) is 77.9 Å². The molecule has 0 amide bonds. The molecule has 0 aromatic heterocycles. The van der Waals surface area contributed by atoms with Crippen molar-refractivity contribution in [1.82, 2.24) is 0 Å². The van der Waals surface area contributed by atoms with Crippen molar-refractivity contribution in [3.8, 4) is 28.4 Å². The fourth-order valence-electron chi connectivity index (χ4n) is 3.78. The number of benzene rings is 3. The van der Waals surface area contributed by atoms with Crippen LogP contribution in [-0.4, -0.2) is 34.3 Å². The number of para-hydroxylation sites is 1. The maximum atomic E-state index is 11.1. The fraction of sp³-hybridized carbons (Fsp3) is 0.280. The van der Waals surface area contributed by atoms with Crippen molar-refractivity contribution >= 4 is 11.1 Å². The van der Waals surface area contributed by atoms with Gasteiger partial charge in [0.1, 0.15) is 17.2 Å². The second-order valence-electron chi connectivity index (χ2n) is 7.42. The molecule has 0 saturated carbocycles. The molecule has 0 bridgehead atoms. The first kappa shape index (κ1) is 21.4. The lowest BCUT2D eigenvalue weighted by atomic mass is 10.0. The molecule has 1 aliphatic rings. The molecule has 1 heterocycles. The van der Waals surface area contributed by atoms with Crippen molar-refractivity contribution in [1.29, 1.82) is 0 Å². The van der Waals surface area contributed by atoms with Gasteiger partial charge in [-0.2, -0.15) is 0 Å². The molecule has 4 rings (SSSR count). The van der Waals surface area contributed by atoms with Crippen molar-refractivity contribution in [2.75, 3.05) is 25.6 Å². The van der Waals surface area contributed by atoms with E-state index in [9.17, 15) is 4.21 Å². The topological polar surface area (TPSA) is 65.0 Å². The van der Waals surface area contributed by atoms with Gasteiger partial charge >= 0.3 is 0 Å². The van der Waals surface area contributed by atoms with Gasteiger partial charge in [0.15, 0.2) is 11.1 Å². The van der Waals surface area contributed by atoms with Crippen LogP contribution in [0.2, 0.25) is 0 Å². The Morgan fingerprint density at radius 3 is 2.65 bits per heavy atom. The second-order valence-corrected chi connectivity index (χ2v) is 8.40. The molecule has 31 heavy (non-hydrogen) atoms. The molecule has 0 saturated heterocycles. The molecule has 5 nitrogen and oxygen atoms in total. The van der Waals surface area contributed by atoms with Gasteiger partial charge in [0.2, 0.25) is 0 Å². The van der Waals surface area contributed by atoms with Crippen LogP contribution in [0.15, 0.2) is 66.7 Å². The Morgan fingerprint density at radius 2 is 1.87 bits per heavy atom. The number of ether oxygens (including phenoxy) is 3. The number of hydrogen-bond donors (Lipinski definition) is 1. The SMILES string of the molecule is CCOc1ccccc1-c1ccc(CCOc2ccc3c(c2)OCC3CS(=O)O)cc1. The summed E-state index contributed by atoms with van der Waals surface area (Å²) in [6, 6.07) is 22.2. The van der Waals surface area contributed by atoms with Crippen molar-refractivity contribution in [2.24, 2.45) is 0 Å². The molecule has 0 fully saturated rings. The van der Waals surface area contributed by atoms with E-state index in [4.69, 9.17) is 18.8 Å². The van der Waals surface area contributed by atoms with E-state index < -0.39 is 11.1 Å². The van der Waals surface area contributed by atoms with Crippen LogP contribution in [0.5, 0.6) is 17.2 Å². The van der Waals surface area contributed by atoms with E-state index in [1.165, 1.54) is 5.56 Å². The second kappa shape index (κ2) is 9.98. The van der Waals surface area contributed by atoms with E-state index in [1.54, 1.807) is 0 Å². The molecule has 3 aromatic rings. The third kappa shape index (κ3) is 5.27. The smallest absolute Gasteiger partial charge is 0.153 e. The zero-order chi connectivity index (χ0) is 21.6. The molecule has 1 aliphatic heterocycles. The zero-order valence-electron chi connectivity index (χ0n) is 17.5. The average molecular weight is 439 g/mol. The minimum Gasteiger partial charge on any atom is -0.493 e. The average Bonchev–Trinajstić information content (AvgIpc) is 3.16. The molecular formula is C25H26O5S. The van der Waals surface area contributed by atoms with Gasteiger partial charge < -0.3 is 18.8 Å². The van der Waals surface area contributed by atoms with Gasteiger partial charge in [-0.05, 0) is 30.2 Å². The molecule has 6 heteroatoms. The minimum absolute atomic E-state index is 0.0405. The lowest BCUT2D eigenvalue weighted by molar-refractivity contribution is 0.314. The van der Waals surface area contributed by atoms with E-state index in [-0.39, 0.29) is 11.7 Å². The van der Waals surface area contributed by atoms with E-state index >= 15 is 0 Å². The van der Waals surface area contributed by atoms with Crippen molar-refractivity contribution < 1.29 is 23.0 Å². The summed E-state index contributed by atoms with van der Waals surface area (Å²) in [5.74, 6) is 2.53. The van der Waals surface area contributed by atoms with Gasteiger partial charge in [-0.1, -0.05) is 48.5 Å². The van der Waals surface area contributed by atoms with Crippen LogP contribution >= 0.6 is 0 Å². The largest absolute Gasteiger partial charge is 0.493 e. The maximum Gasteiger partial charge on any atom is 0.153 e. The Labute approximate surface area is 185 Å². The fourth-order valence-corrected chi connectivity index (χ4v) is 4.40. The van der Waals surface area contributed by atoms with Gasteiger partial charge in [0, 0.05) is 29.5 Å². The van der Waals surface area contributed by atoms with Gasteiger partial charge in [-0.3, -0.25) is 0 Å². The highest BCUT2D eigenvalue weighted by molar-refractivity contribution is 7.79. The predicted octanol–water partition coefficient (Wildman–Crippen LogP) is 5.07. The van der Waals surface area contributed by atoms with Crippen LogP contribution < -0.4 is 14.2 Å². The Bertz CT molecular complexity index is 1050.